The Kier molecular flexibility index (Phi) is 4.39. The van der Waals surface area contributed by atoms with Gasteiger partial charge in [-0.3, -0.25) is 0 Å². The van der Waals surface area contributed by atoms with Gasteiger partial charge in [0.25, 0.3) is 0 Å². The van der Waals surface area contributed by atoms with Crippen molar-refractivity contribution in [2.75, 3.05) is 6.54 Å². The van der Waals surface area contributed by atoms with Gasteiger partial charge < -0.3 is 4.57 Å². The Bertz CT molecular complexity index is 951. The zero-order valence-corrected chi connectivity index (χ0v) is 14.1. The smallest absolute Gasteiger partial charge is 0.240 e. The molecule has 0 radical (unpaired) electrons. The summed E-state index contributed by atoms with van der Waals surface area (Å²) in [6.07, 6.45) is 4.31. The molecule has 0 atom stereocenters. The summed E-state index contributed by atoms with van der Waals surface area (Å²) in [4.78, 5) is 4.50. The van der Waals surface area contributed by atoms with Crippen LogP contribution in [0.25, 0.3) is 11.0 Å². The highest BCUT2D eigenvalue weighted by Crippen LogP contribution is 2.19. The van der Waals surface area contributed by atoms with E-state index in [1.807, 2.05) is 29.9 Å². The highest BCUT2D eigenvalue weighted by molar-refractivity contribution is 7.89. The number of sulfonamides is 1. The van der Waals surface area contributed by atoms with Gasteiger partial charge in [0.15, 0.2) is 0 Å². The van der Waals surface area contributed by atoms with E-state index < -0.39 is 10.0 Å². The monoisotopic (exact) mass is 349 g/mol. The summed E-state index contributed by atoms with van der Waals surface area (Å²) < 4.78 is 29.1. The fourth-order valence-corrected chi connectivity index (χ4v) is 3.86. The number of pyridine rings is 1. The number of nitrogens with one attached hydrogen (secondary N) is 1. The lowest BCUT2D eigenvalue weighted by molar-refractivity contribution is 0.581. The van der Waals surface area contributed by atoms with Crippen molar-refractivity contribution in [1.82, 2.24) is 14.3 Å². The van der Waals surface area contributed by atoms with E-state index in [1.165, 1.54) is 12.1 Å². The molecule has 0 saturated carbocycles. The highest BCUT2D eigenvalue weighted by Gasteiger charge is 2.14. The molecule has 0 aliphatic rings. The predicted molar refractivity (Wildman–Crippen MR) is 91.1 cm³/mol. The van der Waals surface area contributed by atoms with Crippen molar-refractivity contribution >= 4 is 32.7 Å². The molecule has 0 bridgehead atoms. The normalized spacial score (nSPS) is 11.9. The number of nitrogens with zero attached hydrogens (tertiary/aromatic N) is 2. The molecule has 0 amide bonds. The van der Waals surface area contributed by atoms with E-state index in [0.717, 1.165) is 16.6 Å². The van der Waals surface area contributed by atoms with Crippen LogP contribution in [0.2, 0.25) is 5.02 Å². The van der Waals surface area contributed by atoms with E-state index in [-0.39, 0.29) is 4.90 Å². The van der Waals surface area contributed by atoms with Crippen LogP contribution in [0.3, 0.4) is 0 Å². The van der Waals surface area contributed by atoms with Gasteiger partial charge in [-0.1, -0.05) is 17.7 Å². The van der Waals surface area contributed by atoms with Crippen molar-refractivity contribution < 1.29 is 8.42 Å². The standard InChI is InChI=1S/C16H16ClN3O2S/c1-20-11-12(15-6-3-8-18-16(15)20)7-9-19-23(21,22)14-5-2-4-13(17)10-14/h2-6,8,10-11,19H,7,9H2,1H3. The molecule has 1 N–H and O–H groups in total. The molecule has 2 heterocycles. The fraction of sp³-hybridized carbons (Fsp3) is 0.188. The van der Waals surface area contributed by atoms with Crippen LogP contribution >= 0.6 is 11.6 Å². The molecule has 5 nitrogen and oxygen atoms in total. The van der Waals surface area contributed by atoms with E-state index in [9.17, 15) is 8.42 Å². The molecule has 1 aromatic carbocycles. The first-order chi connectivity index (χ1) is 11.0. The summed E-state index contributed by atoms with van der Waals surface area (Å²) in [5.74, 6) is 0. The minimum Gasteiger partial charge on any atom is -0.335 e. The predicted octanol–water partition coefficient (Wildman–Crippen LogP) is 2.75. The lowest BCUT2D eigenvalue weighted by Gasteiger charge is -2.06. The van der Waals surface area contributed by atoms with Gasteiger partial charge in [0.2, 0.25) is 10.0 Å². The Morgan fingerprint density at radius 1 is 1.26 bits per heavy atom. The molecule has 7 heteroatoms. The average molecular weight is 350 g/mol. The summed E-state index contributed by atoms with van der Waals surface area (Å²) in [5.41, 5.74) is 1.95. The van der Waals surface area contributed by atoms with Gasteiger partial charge in [0.1, 0.15) is 5.65 Å². The molecule has 0 aliphatic heterocycles. The maximum Gasteiger partial charge on any atom is 0.240 e. The number of fused-ring (bicyclic) bond motifs is 1. The summed E-state index contributed by atoms with van der Waals surface area (Å²) in [6.45, 7) is 0.308. The van der Waals surface area contributed by atoms with E-state index in [1.54, 1.807) is 18.3 Å². The summed E-state index contributed by atoms with van der Waals surface area (Å²) in [6, 6.07) is 10.1. The minimum absolute atomic E-state index is 0.171. The van der Waals surface area contributed by atoms with Crippen molar-refractivity contribution in [2.45, 2.75) is 11.3 Å². The molecule has 2 aromatic heterocycles. The van der Waals surface area contributed by atoms with E-state index in [4.69, 9.17) is 11.6 Å². The Morgan fingerprint density at radius 3 is 2.87 bits per heavy atom. The third-order valence-electron chi connectivity index (χ3n) is 3.61. The second-order valence-electron chi connectivity index (χ2n) is 5.24. The second-order valence-corrected chi connectivity index (χ2v) is 7.45. The molecule has 0 fully saturated rings. The number of aromatic nitrogens is 2. The third-order valence-corrected chi connectivity index (χ3v) is 5.30. The van der Waals surface area contributed by atoms with Crippen LogP contribution in [0, 0.1) is 0 Å². The quantitative estimate of drug-likeness (QED) is 0.770. The van der Waals surface area contributed by atoms with Gasteiger partial charge >= 0.3 is 0 Å². The van der Waals surface area contributed by atoms with Crippen LogP contribution in [0.4, 0.5) is 0 Å². The largest absolute Gasteiger partial charge is 0.335 e. The Labute approximate surface area is 140 Å². The lowest BCUT2D eigenvalue weighted by Crippen LogP contribution is -2.25. The van der Waals surface area contributed by atoms with Gasteiger partial charge in [-0.15, -0.1) is 0 Å². The highest BCUT2D eigenvalue weighted by atomic mass is 35.5. The minimum atomic E-state index is -3.56. The molecule has 3 rings (SSSR count). The Morgan fingerprint density at radius 2 is 2.09 bits per heavy atom. The number of benzene rings is 1. The topological polar surface area (TPSA) is 64.0 Å². The Hall–Kier alpha value is -1.89. The number of aryl methyl sites for hydroxylation is 1. The number of hydrogen-bond donors (Lipinski definition) is 1. The number of rotatable bonds is 5. The van der Waals surface area contributed by atoms with Crippen molar-refractivity contribution in [2.24, 2.45) is 7.05 Å². The fourth-order valence-electron chi connectivity index (χ4n) is 2.53. The molecular formula is C16H16ClN3O2S. The van der Waals surface area contributed by atoms with Crippen LogP contribution < -0.4 is 4.72 Å². The van der Waals surface area contributed by atoms with Crippen LogP contribution in [0.1, 0.15) is 5.56 Å². The van der Waals surface area contributed by atoms with Crippen molar-refractivity contribution in [1.29, 1.82) is 0 Å². The molecule has 120 valence electrons. The van der Waals surface area contributed by atoms with Crippen LogP contribution in [0.15, 0.2) is 53.7 Å². The molecule has 23 heavy (non-hydrogen) atoms. The number of halogens is 1. The van der Waals surface area contributed by atoms with Gasteiger partial charge in [-0.25, -0.2) is 18.1 Å². The van der Waals surface area contributed by atoms with Gasteiger partial charge in [0, 0.05) is 36.4 Å². The first-order valence-electron chi connectivity index (χ1n) is 7.11. The number of hydrogen-bond acceptors (Lipinski definition) is 3. The molecule has 0 saturated heterocycles. The summed E-state index contributed by atoms with van der Waals surface area (Å²) in [5, 5.41) is 1.44. The Balaban J connectivity index is 1.74. The van der Waals surface area contributed by atoms with Gasteiger partial charge in [0.05, 0.1) is 4.90 Å². The van der Waals surface area contributed by atoms with Crippen molar-refractivity contribution in [3.63, 3.8) is 0 Å². The maximum absolute atomic E-state index is 12.3. The van der Waals surface area contributed by atoms with E-state index >= 15 is 0 Å². The van der Waals surface area contributed by atoms with Crippen LogP contribution in [-0.2, 0) is 23.5 Å². The zero-order chi connectivity index (χ0) is 16.4. The summed E-state index contributed by atoms with van der Waals surface area (Å²) >= 11 is 5.85. The first-order valence-corrected chi connectivity index (χ1v) is 8.98. The second kappa shape index (κ2) is 6.31. The SMILES string of the molecule is Cn1cc(CCNS(=O)(=O)c2cccc(Cl)c2)c2cccnc21. The maximum atomic E-state index is 12.3. The zero-order valence-electron chi connectivity index (χ0n) is 12.5. The van der Waals surface area contributed by atoms with Gasteiger partial charge in [-0.2, -0.15) is 0 Å². The van der Waals surface area contributed by atoms with E-state index in [2.05, 4.69) is 9.71 Å². The van der Waals surface area contributed by atoms with E-state index in [0.29, 0.717) is 18.0 Å². The average Bonchev–Trinajstić information content (AvgIpc) is 2.84. The molecular weight excluding hydrogens is 334 g/mol. The van der Waals surface area contributed by atoms with Crippen molar-refractivity contribution in [3.05, 3.63) is 59.4 Å². The third kappa shape index (κ3) is 3.39. The van der Waals surface area contributed by atoms with Crippen LogP contribution in [0.5, 0.6) is 0 Å². The lowest BCUT2D eigenvalue weighted by atomic mass is 10.2. The van der Waals surface area contributed by atoms with Crippen LogP contribution in [-0.4, -0.2) is 24.5 Å². The first kappa shape index (κ1) is 16.0. The molecule has 3 aromatic rings. The van der Waals surface area contributed by atoms with Crippen molar-refractivity contribution in [3.8, 4) is 0 Å². The molecule has 0 aliphatic carbocycles. The summed E-state index contributed by atoms with van der Waals surface area (Å²) in [7, 11) is -1.63. The molecule has 0 unspecified atom stereocenters. The molecule has 0 spiro atoms. The van der Waals surface area contributed by atoms with Gasteiger partial charge in [-0.05, 0) is 42.3 Å².